The number of carbonyl (C=O) groups excluding carboxylic acids is 2. The Hall–Kier alpha value is -1.88. The normalized spacial score (nSPS) is 13.9. The molecule has 0 aromatic heterocycles. The minimum atomic E-state index is -0.811. The highest BCUT2D eigenvalue weighted by atomic mass is 16.2. The van der Waals surface area contributed by atoms with Gasteiger partial charge in [0.15, 0.2) is 6.04 Å². The standard InChI is InChI=1S/C18H29N3O2/c1-11(2)10-14-6-8-15(9-7-14)16(12(3)4)20-13(5)17(22)21-18(19)23/h6-9,11-13,16,20H,10H2,1-5H3,(H3,19,21,22,23)/p+1/t13-,16+/m0/s1. The Balaban J connectivity index is 2.82. The predicted molar refractivity (Wildman–Crippen MR) is 91.7 cm³/mol. The van der Waals surface area contributed by atoms with Gasteiger partial charge in [0.05, 0.1) is 0 Å². The summed E-state index contributed by atoms with van der Waals surface area (Å²) in [6.07, 6.45) is 1.06. The zero-order chi connectivity index (χ0) is 17.6. The average molecular weight is 320 g/mol. The van der Waals surface area contributed by atoms with Gasteiger partial charge in [0, 0.05) is 11.5 Å². The number of nitrogens with two attached hydrogens (primary N) is 2. The van der Waals surface area contributed by atoms with Crippen molar-refractivity contribution in [1.82, 2.24) is 5.32 Å². The molecule has 23 heavy (non-hydrogen) atoms. The van der Waals surface area contributed by atoms with Crippen LogP contribution in [0.1, 0.15) is 51.8 Å². The summed E-state index contributed by atoms with van der Waals surface area (Å²) in [4.78, 5) is 22.7. The summed E-state index contributed by atoms with van der Waals surface area (Å²) < 4.78 is 0. The lowest BCUT2D eigenvalue weighted by Gasteiger charge is -2.23. The van der Waals surface area contributed by atoms with Crippen molar-refractivity contribution in [3.05, 3.63) is 35.4 Å². The monoisotopic (exact) mass is 320 g/mol. The second-order valence-electron chi connectivity index (χ2n) is 6.94. The Bertz CT molecular complexity index is 524. The molecule has 0 saturated carbocycles. The smallest absolute Gasteiger partial charge is 0.319 e. The molecule has 5 N–H and O–H groups in total. The van der Waals surface area contributed by atoms with Gasteiger partial charge in [0.2, 0.25) is 0 Å². The summed E-state index contributed by atoms with van der Waals surface area (Å²) in [5.74, 6) is 0.625. The highest BCUT2D eigenvalue weighted by Gasteiger charge is 2.26. The van der Waals surface area contributed by atoms with E-state index < -0.39 is 6.03 Å². The molecule has 0 aliphatic rings. The van der Waals surface area contributed by atoms with Gasteiger partial charge in [-0.15, -0.1) is 0 Å². The Kier molecular flexibility index (Phi) is 7.23. The fourth-order valence-electron chi connectivity index (χ4n) is 2.70. The van der Waals surface area contributed by atoms with Crippen molar-refractivity contribution in [3.8, 4) is 0 Å². The van der Waals surface area contributed by atoms with Crippen molar-refractivity contribution in [3.63, 3.8) is 0 Å². The van der Waals surface area contributed by atoms with Gasteiger partial charge in [-0.05, 0) is 24.8 Å². The fourth-order valence-corrected chi connectivity index (χ4v) is 2.70. The van der Waals surface area contributed by atoms with Crippen LogP contribution in [0.5, 0.6) is 0 Å². The van der Waals surface area contributed by atoms with E-state index in [1.165, 1.54) is 11.1 Å². The number of quaternary nitrogens is 1. The van der Waals surface area contributed by atoms with E-state index in [1.807, 2.05) is 5.32 Å². The first kappa shape index (κ1) is 19.2. The van der Waals surface area contributed by atoms with Crippen LogP contribution in [0.15, 0.2) is 24.3 Å². The second-order valence-corrected chi connectivity index (χ2v) is 6.94. The Morgan fingerprint density at radius 3 is 2.09 bits per heavy atom. The highest BCUT2D eigenvalue weighted by Crippen LogP contribution is 2.19. The van der Waals surface area contributed by atoms with Gasteiger partial charge in [-0.1, -0.05) is 52.0 Å². The number of carbonyl (C=O) groups is 2. The first-order valence-corrected chi connectivity index (χ1v) is 8.24. The van der Waals surface area contributed by atoms with Crippen molar-refractivity contribution >= 4 is 11.9 Å². The topological polar surface area (TPSA) is 88.8 Å². The Labute approximate surface area is 139 Å². The number of urea groups is 1. The number of primary amides is 1. The summed E-state index contributed by atoms with van der Waals surface area (Å²) in [6, 6.07) is 7.55. The first-order chi connectivity index (χ1) is 10.7. The summed E-state index contributed by atoms with van der Waals surface area (Å²) in [6.45, 7) is 10.4. The number of amides is 3. The molecule has 0 unspecified atom stereocenters. The van der Waals surface area contributed by atoms with Crippen LogP contribution in [0.4, 0.5) is 4.79 Å². The van der Waals surface area contributed by atoms with E-state index in [-0.39, 0.29) is 18.0 Å². The minimum Gasteiger partial charge on any atom is -0.351 e. The SMILES string of the molecule is CC(C)Cc1ccc([C@H]([NH2+][C@@H](C)C(=O)NC(N)=O)C(C)C)cc1. The van der Waals surface area contributed by atoms with Crippen LogP contribution in [-0.2, 0) is 11.2 Å². The summed E-state index contributed by atoms with van der Waals surface area (Å²) >= 11 is 0. The number of hydrogen-bond donors (Lipinski definition) is 3. The van der Waals surface area contributed by atoms with Crippen molar-refractivity contribution in [2.24, 2.45) is 17.6 Å². The Morgan fingerprint density at radius 1 is 1.09 bits per heavy atom. The van der Waals surface area contributed by atoms with Crippen LogP contribution in [0, 0.1) is 11.8 Å². The molecule has 0 saturated heterocycles. The van der Waals surface area contributed by atoms with Crippen LogP contribution < -0.4 is 16.4 Å². The summed E-state index contributed by atoms with van der Waals surface area (Å²) in [7, 11) is 0. The number of benzene rings is 1. The van der Waals surface area contributed by atoms with Crippen LogP contribution in [0.3, 0.4) is 0 Å². The van der Waals surface area contributed by atoms with E-state index in [2.05, 4.69) is 57.3 Å². The third kappa shape index (κ3) is 6.40. The molecular formula is C18H30N3O2+. The highest BCUT2D eigenvalue weighted by molar-refractivity contribution is 5.95. The molecule has 3 amide bonds. The molecule has 1 rings (SSSR count). The van der Waals surface area contributed by atoms with Crippen LogP contribution in [0.2, 0.25) is 0 Å². The maximum absolute atomic E-state index is 11.9. The van der Waals surface area contributed by atoms with Gasteiger partial charge < -0.3 is 11.1 Å². The van der Waals surface area contributed by atoms with Crippen LogP contribution in [-0.4, -0.2) is 18.0 Å². The second kappa shape index (κ2) is 8.67. The van der Waals surface area contributed by atoms with Crippen molar-refractivity contribution in [2.75, 3.05) is 0 Å². The molecule has 1 aromatic carbocycles. The molecule has 128 valence electrons. The molecule has 1 aromatic rings. The van der Waals surface area contributed by atoms with Crippen molar-refractivity contribution < 1.29 is 14.9 Å². The molecule has 0 aliphatic carbocycles. The van der Waals surface area contributed by atoms with E-state index in [0.717, 1.165) is 6.42 Å². The zero-order valence-electron chi connectivity index (χ0n) is 14.8. The van der Waals surface area contributed by atoms with Crippen LogP contribution in [0.25, 0.3) is 0 Å². The molecule has 5 heteroatoms. The third-order valence-electron chi connectivity index (χ3n) is 3.88. The average Bonchev–Trinajstić information content (AvgIpc) is 2.43. The molecule has 0 radical (unpaired) electrons. The van der Waals surface area contributed by atoms with Gasteiger partial charge in [-0.3, -0.25) is 10.1 Å². The van der Waals surface area contributed by atoms with Crippen molar-refractivity contribution in [2.45, 2.75) is 53.1 Å². The predicted octanol–water partition coefficient (Wildman–Crippen LogP) is 1.73. The maximum atomic E-state index is 11.9. The quantitative estimate of drug-likeness (QED) is 0.714. The number of hydrogen-bond acceptors (Lipinski definition) is 2. The maximum Gasteiger partial charge on any atom is 0.319 e. The molecular weight excluding hydrogens is 290 g/mol. The molecule has 0 bridgehead atoms. The van der Waals surface area contributed by atoms with E-state index in [9.17, 15) is 9.59 Å². The zero-order valence-corrected chi connectivity index (χ0v) is 14.8. The largest absolute Gasteiger partial charge is 0.351 e. The van der Waals surface area contributed by atoms with Gasteiger partial charge in [-0.2, -0.15) is 0 Å². The third-order valence-corrected chi connectivity index (χ3v) is 3.88. The first-order valence-electron chi connectivity index (χ1n) is 8.24. The summed E-state index contributed by atoms with van der Waals surface area (Å²) in [5.41, 5.74) is 7.52. The van der Waals surface area contributed by atoms with E-state index in [0.29, 0.717) is 11.8 Å². The molecule has 0 aliphatic heterocycles. The van der Waals surface area contributed by atoms with Crippen molar-refractivity contribution in [1.29, 1.82) is 0 Å². The minimum absolute atomic E-state index is 0.150. The van der Waals surface area contributed by atoms with E-state index in [4.69, 9.17) is 5.73 Å². The fraction of sp³-hybridized carbons (Fsp3) is 0.556. The van der Waals surface area contributed by atoms with Gasteiger partial charge in [0.25, 0.3) is 5.91 Å². The molecule has 2 atom stereocenters. The van der Waals surface area contributed by atoms with Gasteiger partial charge >= 0.3 is 6.03 Å². The van der Waals surface area contributed by atoms with E-state index in [1.54, 1.807) is 6.92 Å². The summed E-state index contributed by atoms with van der Waals surface area (Å²) in [5, 5.41) is 4.12. The molecule has 5 nitrogen and oxygen atoms in total. The lowest BCUT2D eigenvalue weighted by Crippen LogP contribution is -2.93. The molecule has 0 spiro atoms. The number of rotatable bonds is 7. The molecule has 0 fully saturated rings. The van der Waals surface area contributed by atoms with E-state index >= 15 is 0 Å². The number of nitrogens with one attached hydrogen (secondary N) is 1. The lowest BCUT2D eigenvalue weighted by atomic mass is 9.93. The van der Waals surface area contributed by atoms with Gasteiger partial charge in [-0.25, -0.2) is 4.79 Å². The van der Waals surface area contributed by atoms with Crippen LogP contribution >= 0.6 is 0 Å². The number of imide groups is 1. The lowest BCUT2D eigenvalue weighted by molar-refractivity contribution is -0.719. The Morgan fingerprint density at radius 2 is 1.65 bits per heavy atom. The molecule has 0 heterocycles. The van der Waals surface area contributed by atoms with Gasteiger partial charge in [0.1, 0.15) is 6.04 Å².